The van der Waals surface area contributed by atoms with Crippen molar-refractivity contribution in [2.45, 2.75) is 12.9 Å². The fraction of sp³-hybridized carbons (Fsp3) is 0.286. The molecule has 0 aliphatic carbocycles. The lowest BCUT2D eigenvalue weighted by Crippen LogP contribution is -2.18. The second-order valence-electron chi connectivity index (χ2n) is 2.24. The van der Waals surface area contributed by atoms with Gasteiger partial charge in [-0.05, 0) is 6.07 Å². The van der Waals surface area contributed by atoms with E-state index in [0.29, 0.717) is 0 Å². The van der Waals surface area contributed by atoms with Crippen molar-refractivity contribution < 1.29 is 17.9 Å². The number of rotatable bonds is 2. The van der Waals surface area contributed by atoms with E-state index in [1.807, 2.05) is 0 Å². The minimum atomic E-state index is -4.69. The second-order valence-corrected chi connectivity index (χ2v) is 2.24. The number of ether oxygens (including phenoxy) is 1. The van der Waals surface area contributed by atoms with Gasteiger partial charge in [-0.3, -0.25) is 4.98 Å². The van der Waals surface area contributed by atoms with Gasteiger partial charge in [0, 0.05) is 24.5 Å². The lowest BCUT2D eigenvalue weighted by atomic mass is 10.2. The van der Waals surface area contributed by atoms with Crippen LogP contribution in [-0.2, 0) is 6.54 Å². The van der Waals surface area contributed by atoms with Crippen LogP contribution in [-0.4, -0.2) is 11.3 Å². The molecule has 0 atom stereocenters. The summed E-state index contributed by atoms with van der Waals surface area (Å²) in [5.41, 5.74) is 5.40. The molecule has 0 aliphatic rings. The van der Waals surface area contributed by atoms with Crippen molar-refractivity contribution >= 4 is 0 Å². The molecule has 0 bridgehead atoms. The number of nitrogens with zero attached hydrogens (tertiary/aromatic N) is 1. The molecule has 2 N–H and O–H groups in total. The van der Waals surface area contributed by atoms with Crippen LogP contribution in [0.3, 0.4) is 0 Å². The maximum Gasteiger partial charge on any atom is 0.573 e. The average Bonchev–Trinajstić information content (AvgIpc) is 2.02. The molecular formula is C7H7F3N2O. The Bertz CT molecular complexity index is 287. The smallest absolute Gasteiger partial charge is 0.405 e. The first kappa shape index (κ1) is 9.79. The monoisotopic (exact) mass is 192 g/mol. The Morgan fingerprint density at radius 1 is 1.46 bits per heavy atom. The fourth-order valence-corrected chi connectivity index (χ4v) is 0.792. The molecule has 0 fully saturated rings. The third kappa shape index (κ3) is 2.90. The van der Waals surface area contributed by atoms with Crippen molar-refractivity contribution in [3.8, 4) is 5.75 Å². The Labute approximate surface area is 72.3 Å². The van der Waals surface area contributed by atoms with Crippen molar-refractivity contribution in [2.75, 3.05) is 0 Å². The Morgan fingerprint density at radius 3 is 2.69 bits per heavy atom. The fourth-order valence-electron chi connectivity index (χ4n) is 0.792. The summed E-state index contributed by atoms with van der Waals surface area (Å²) in [4.78, 5) is 3.62. The molecule has 0 aliphatic heterocycles. The maximum absolute atomic E-state index is 11.8. The molecule has 0 unspecified atom stereocenters. The van der Waals surface area contributed by atoms with Crippen LogP contribution in [0.1, 0.15) is 5.56 Å². The van der Waals surface area contributed by atoms with Crippen LogP contribution in [0.5, 0.6) is 5.75 Å². The predicted octanol–water partition coefficient (Wildman–Crippen LogP) is 1.44. The number of aromatic nitrogens is 1. The molecule has 0 saturated heterocycles. The highest BCUT2D eigenvalue weighted by atomic mass is 19.4. The predicted molar refractivity (Wildman–Crippen MR) is 38.8 cm³/mol. The van der Waals surface area contributed by atoms with E-state index in [1.54, 1.807) is 0 Å². The summed E-state index contributed by atoms with van der Waals surface area (Å²) in [6.45, 7) is -0.0424. The van der Waals surface area contributed by atoms with Crippen LogP contribution in [0.15, 0.2) is 18.5 Å². The molecule has 1 aromatic heterocycles. The van der Waals surface area contributed by atoms with Crippen LogP contribution in [0.4, 0.5) is 13.2 Å². The van der Waals surface area contributed by atoms with E-state index >= 15 is 0 Å². The number of nitrogens with two attached hydrogens (primary N) is 1. The zero-order valence-corrected chi connectivity index (χ0v) is 6.51. The highest BCUT2D eigenvalue weighted by Crippen LogP contribution is 2.24. The Hall–Kier alpha value is -1.30. The largest absolute Gasteiger partial charge is 0.573 e. The van der Waals surface area contributed by atoms with Crippen LogP contribution >= 0.6 is 0 Å². The first-order chi connectivity index (χ1) is 6.03. The first-order valence-electron chi connectivity index (χ1n) is 3.41. The first-order valence-corrected chi connectivity index (χ1v) is 3.41. The molecule has 13 heavy (non-hydrogen) atoms. The van der Waals surface area contributed by atoms with Crippen LogP contribution < -0.4 is 10.5 Å². The summed E-state index contributed by atoms with van der Waals surface area (Å²) >= 11 is 0. The van der Waals surface area contributed by atoms with Gasteiger partial charge in [0.15, 0.2) is 0 Å². The number of pyridine rings is 1. The molecule has 0 aromatic carbocycles. The molecule has 3 nitrogen and oxygen atoms in total. The summed E-state index contributed by atoms with van der Waals surface area (Å²) < 4.78 is 39.0. The van der Waals surface area contributed by atoms with Gasteiger partial charge < -0.3 is 10.5 Å². The SMILES string of the molecule is NCc1cnccc1OC(F)(F)F. The quantitative estimate of drug-likeness (QED) is 0.771. The summed E-state index contributed by atoms with van der Waals surface area (Å²) in [5, 5.41) is 0. The lowest BCUT2D eigenvalue weighted by molar-refractivity contribution is -0.274. The highest BCUT2D eigenvalue weighted by Gasteiger charge is 2.31. The number of hydrogen-bond donors (Lipinski definition) is 1. The molecular weight excluding hydrogens is 185 g/mol. The number of halogens is 3. The second kappa shape index (κ2) is 3.61. The van der Waals surface area contributed by atoms with E-state index in [4.69, 9.17) is 5.73 Å². The standard InChI is InChI=1S/C7H7F3N2O/c8-7(9,10)13-6-1-2-12-4-5(6)3-11/h1-2,4H,3,11H2. The van der Waals surface area contributed by atoms with Gasteiger partial charge in [-0.1, -0.05) is 0 Å². The van der Waals surface area contributed by atoms with Gasteiger partial charge in [-0.15, -0.1) is 13.2 Å². The molecule has 1 heterocycles. The van der Waals surface area contributed by atoms with Gasteiger partial charge in [-0.2, -0.15) is 0 Å². The van der Waals surface area contributed by atoms with Crippen molar-refractivity contribution in [3.05, 3.63) is 24.0 Å². The average molecular weight is 192 g/mol. The maximum atomic E-state index is 11.8. The number of hydrogen-bond acceptors (Lipinski definition) is 3. The van der Waals surface area contributed by atoms with Gasteiger partial charge in [0.05, 0.1) is 0 Å². The zero-order chi connectivity index (χ0) is 9.90. The molecule has 1 rings (SSSR count). The van der Waals surface area contributed by atoms with Crippen LogP contribution in [0, 0.1) is 0 Å². The normalized spacial score (nSPS) is 11.4. The minimum absolute atomic E-state index is 0.0424. The highest BCUT2D eigenvalue weighted by molar-refractivity contribution is 5.29. The van der Waals surface area contributed by atoms with E-state index in [1.165, 1.54) is 12.4 Å². The van der Waals surface area contributed by atoms with E-state index in [9.17, 15) is 13.2 Å². The van der Waals surface area contributed by atoms with E-state index in [-0.39, 0.29) is 17.9 Å². The van der Waals surface area contributed by atoms with Gasteiger partial charge in [0.1, 0.15) is 5.75 Å². The van der Waals surface area contributed by atoms with Crippen molar-refractivity contribution in [1.29, 1.82) is 0 Å². The van der Waals surface area contributed by atoms with Crippen molar-refractivity contribution in [1.82, 2.24) is 4.98 Å². The van der Waals surface area contributed by atoms with E-state index < -0.39 is 6.36 Å². The Kier molecular flexibility index (Phi) is 2.72. The third-order valence-corrected chi connectivity index (χ3v) is 1.30. The zero-order valence-electron chi connectivity index (χ0n) is 6.51. The van der Waals surface area contributed by atoms with Crippen molar-refractivity contribution in [3.63, 3.8) is 0 Å². The van der Waals surface area contributed by atoms with Gasteiger partial charge in [0.25, 0.3) is 0 Å². The summed E-state index contributed by atoms with van der Waals surface area (Å²) in [5.74, 6) is -0.301. The summed E-state index contributed by atoms with van der Waals surface area (Å²) in [7, 11) is 0. The molecule has 0 saturated carbocycles. The molecule has 6 heteroatoms. The van der Waals surface area contributed by atoms with E-state index in [0.717, 1.165) is 6.07 Å². The van der Waals surface area contributed by atoms with Gasteiger partial charge >= 0.3 is 6.36 Å². The summed E-state index contributed by atoms with van der Waals surface area (Å²) in [6, 6.07) is 1.12. The Morgan fingerprint density at radius 2 is 2.15 bits per heavy atom. The third-order valence-electron chi connectivity index (χ3n) is 1.30. The molecule has 0 amide bonds. The van der Waals surface area contributed by atoms with Gasteiger partial charge in [0.2, 0.25) is 0 Å². The lowest BCUT2D eigenvalue weighted by Gasteiger charge is -2.11. The molecule has 72 valence electrons. The van der Waals surface area contributed by atoms with Gasteiger partial charge in [-0.25, -0.2) is 0 Å². The Balaban J connectivity index is 2.87. The topological polar surface area (TPSA) is 48.1 Å². The molecule has 1 aromatic rings. The summed E-state index contributed by atoms with van der Waals surface area (Å²) in [6.07, 6.45) is -2.24. The molecule has 0 radical (unpaired) electrons. The molecule has 0 spiro atoms. The van der Waals surface area contributed by atoms with E-state index in [2.05, 4.69) is 9.72 Å². The van der Waals surface area contributed by atoms with Crippen LogP contribution in [0.25, 0.3) is 0 Å². The van der Waals surface area contributed by atoms with Crippen molar-refractivity contribution in [2.24, 2.45) is 5.73 Å². The minimum Gasteiger partial charge on any atom is -0.405 e. The van der Waals surface area contributed by atoms with Crippen LogP contribution in [0.2, 0.25) is 0 Å². The number of alkyl halides is 3.